The van der Waals surface area contributed by atoms with Gasteiger partial charge in [-0.15, -0.1) is 0 Å². The lowest BCUT2D eigenvalue weighted by Crippen LogP contribution is -2.67. The van der Waals surface area contributed by atoms with Gasteiger partial charge >= 0.3 is 0 Å². The van der Waals surface area contributed by atoms with E-state index in [0.29, 0.717) is 28.4 Å². The molecule has 340 valence electrons. The molecule has 0 spiro atoms. The molecule has 2 fully saturated rings. The van der Waals surface area contributed by atoms with Gasteiger partial charge in [-0.2, -0.15) is 0 Å². The molecule has 62 heavy (non-hydrogen) atoms. The molecule has 0 saturated carbocycles. The Hall–Kier alpha value is -4.77. The normalized spacial score (nSPS) is 27.6. The molecule has 0 aromatic heterocycles. The van der Waals surface area contributed by atoms with E-state index in [2.05, 4.69) is 16.0 Å². The highest BCUT2D eigenvalue weighted by atomic mass is 16.7. The van der Waals surface area contributed by atoms with Gasteiger partial charge in [0.25, 0.3) is 11.8 Å². The fourth-order valence-corrected chi connectivity index (χ4v) is 7.47. The van der Waals surface area contributed by atoms with Gasteiger partial charge in [0, 0.05) is 40.4 Å². The molecule has 2 aliphatic heterocycles. The molecule has 3 aromatic rings. The first-order chi connectivity index (χ1) is 29.7. The lowest BCUT2D eigenvalue weighted by molar-refractivity contribution is -0.346. The van der Waals surface area contributed by atoms with Crippen molar-refractivity contribution in [1.82, 2.24) is 16.0 Å². The van der Waals surface area contributed by atoms with Gasteiger partial charge in [0.1, 0.15) is 59.5 Å². The molecule has 3 amide bonds. The van der Waals surface area contributed by atoms with Crippen molar-refractivity contribution < 1.29 is 73.1 Å². The van der Waals surface area contributed by atoms with Crippen LogP contribution in [0.2, 0.25) is 0 Å². The van der Waals surface area contributed by atoms with Gasteiger partial charge in [-0.3, -0.25) is 14.4 Å². The number of hydrogen-bond donors (Lipinski definition) is 9. The van der Waals surface area contributed by atoms with Crippen molar-refractivity contribution in [2.75, 3.05) is 47.5 Å². The number of aliphatic hydroxyl groups excluding tert-OH is 4. The summed E-state index contributed by atoms with van der Waals surface area (Å²) in [5.74, 6) is -1.46. The third kappa shape index (κ3) is 10.9. The fraction of sp³-hybridized carbons (Fsp3) is 0.512. The van der Waals surface area contributed by atoms with Gasteiger partial charge in [-0.1, -0.05) is 48.9 Å². The van der Waals surface area contributed by atoms with Crippen molar-refractivity contribution in [3.05, 3.63) is 89.5 Å². The van der Waals surface area contributed by atoms with Crippen LogP contribution in [-0.4, -0.2) is 152 Å². The molecule has 5 rings (SSSR count). The molecule has 3 aromatic carbocycles. The summed E-state index contributed by atoms with van der Waals surface area (Å²) in [6.45, 7) is 3.58. The Bertz CT molecular complexity index is 1910. The fourth-order valence-electron chi connectivity index (χ4n) is 7.47. The van der Waals surface area contributed by atoms with E-state index in [1.165, 1.54) is 21.3 Å². The first-order valence-corrected chi connectivity index (χ1v) is 20.2. The van der Waals surface area contributed by atoms with E-state index in [1.807, 2.05) is 31.2 Å². The van der Waals surface area contributed by atoms with E-state index in [1.54, 1.807) is 55.5 Å². The number of carbonyl (C=O) groups excluding carboxylic acids is 3. The second-order valence-electron chi connectivity index (χ2n) is 14.9. The van der Waals surface area contributed by atoms with Crippen LogP contribution in [-0.2, 0) is 43.7 Å². The van der Waals surface area contributed by atoms with Crippen LogP contribution in [0.1, 0.15) is 30.0 Å². The lowest BCUT2D eigenvalue weighted by Gasteiger charge is -2.46. The van der Waals surface area contributed by atoms with Crippen LogP contribution in [0.5, 0.6) is 17.2 Å². The van der Waals surface area contributed by atoms with E-state index in [0.717, 1.165) is 5.56 Å². The largest absolute Gasteiger partial charge is 0.497 e. The summed E-state index contributed by atoms with van der Waals surface area (Å²) in [4.78, 5) is 40.5. The Morgan fingerprint density at radius 3 is 1.69 bits per heavy atom. The molecule has 2 saturated heterocycles. The first kappa shape index (κ1) is 48.3. The molecule has 19 nitrogen and oxygen atoms in total. The third-order valence-electron chi connectivity index (χ3n) is 10.9. The molecule has 10 N–H and O–H groups in total. The summed E-state index contributed by atoms with van der Waals surface area (Å²) in [5, 5.41) is 64.0. The average Bonchev–Trinajstić information content (AvgIpc) is 3.28. The molecular weight excluding hydrogens is 812 g/mol. The van der Waals surface area contributed by atoms with Gasteiger partial charge < -0.3 is 80.4 Å². The maximum atomic E-state index is 14.0. The van der Waals surface area contributed by atoms with E-state index in [9.17, 15) is 39.9 Å². The number of rotatable bonds is 19. The summed E-state index contributed by atoms with van der Waals surface area (Å²) in [7, 11) is 3.89. The molecule has 0 bridgehead atoms. The van der Waals surface area contributed by atoms with Gasteiger partial charge in [-0.25, -0.2) is 0 Å². The number of nitrogens with two attached hydrogens (primary N) is 1. The summed E-state index contributed by atoms with van der Waals surface area (Å²) < 4.78 is 38.8. The minimum Gasteiger partial charge on any atom is -0.497 e. The van der Waals surface area contributed by atoms with Crippen molar-refractivity contribution in [2.45, 2.75) is 87.3 Å². The van der Waals surface area contributed by atoms with Crippen LogP contribution >= 0.6 is 0 Å². The zero-order valence-electron chi connectivity index (χ0n) is 35.2. The predicted molar refractivity (Wildman–Crippen MR) is 220 cm³/mol. The van der Waals surface area contributed by atoms with Crippen molar-refractivity contribution in [3.8, 4) is 17.2 Å². The molecule has 0 aliphatic carbocycles. The first-order valence-electron chi connectivity index (χ1n) is 20.2. The number of aryl methyl sites for hydroxylation is 1. The maximum Gasteiger partial charge on any atom is 0.252 e. The topological polar surface area (TPSA) is 279 Å². The summed E-state index contributed by atoms with van der Waals surface area (Å²) in [6, 6.07) is 21.1. The Kier molecular flexibility index (Phi) is 17.2. The van der Waals surface area contributed by atoms with Crippen LogP contribution in [0.25, 0.3) is 0 Å². The average molecular weight is 871 g/mol. The van der Waals surface area contributed by atoms with Gasteiger partial charge in [0.15, 0.2) is 24.8 Å². The van der Waals surface area contributed by atoms with E-state index < -0.39 is 90.7 Å². The molecule has 2 heterocycles. The van der Waals surface area contributed by atoms with Crippen molar-refractivity contribution in [3.63, 3.8) is 0 Å². The molecule has 6 unspecified atom stereocenters. The van der Waals surface area contributed by atoms with Gasteiger partial charge in [0.05, 0.1) is 13.0 Å². The minimum absolute atomic E-state index is 0.0306. The van der Waals surface area contributed by atoms with Crippen molar-refractivity contribution in [1.29, 1.82) is 0 Å². The second kappa shape index (κ2) is 22.0. The number of carbonyl (C=O) groups is 3. The maximum absolute atomic E-state index is 14.0. The number of benzene rings is 3. The Balaban J connectivity index is 1.27. The Morgan fingerprint density at radius 1 is 0.677 bits per heavy atom. The lowest BCUT2D eigenvalue weighted by atomic mass is 9.74. The molecule has 2 aliphatic rings. The molecule has 19 heteroatoms. The molecular formula is C43H58N4O15. The zero-order valence-corrected chi connectivity index (χ0v) is 35.2. The molecule has 0 radical (unpaired) electrons. The van der Waals surface area contributed by atoms with E-state index in [4.69, 9.17) is 38.9 Å². The zero-order chi connectivity index (χ0) is 45.1. The van der Waals surface area contributed by atoms with Crippen LogP contribution in [0.15, 0.2) is 72.8 Å². The number of hydrogen-bond acceptors (Lipinski definition) is 16. The Labute approximate surface area is 359 Å². The summed E-state index contributed by atoms with van der Waals surface area (Å²) in [5.41, 5.74) is 5.61. The molecule has 12 atom stereocenters. The quantitative estimate of drug-likeness (QED) is 0.0674. The van der Waals surface area contributed by atoms with Crippen molar-refractivity contribution >= 4 is 17.7 Å². The predicted octanol–water partition coefficient (Wildman–Crippen LogP) is -0.695. The third-order valence-corrected chi connectivity index (χ3v) is 10.9. The van der Waals surface area contributed by atoms with E-state index >= 15 is 0 Å². The number of methoxy groups -OCH3 is 3. The van der Waals surface area contributed by atoms with Crippen LogP contribution in [0.4, 0.5) is 0 Å². The van der Waals surface area contributed by atoms with Gasteiger partial charge in [0.2, 0.25) is 5.91 Å². The number of aliphatic hydroxyl groups is 5. The summed E-state index contributed by atoms with van der Waals surface area (Å²) in [6.07, 6.45) is -16.6. The van der Waals surface area contributed by atoms with Gasteiger partial charge in [-0.05, 0) is 60.9 Å². The highest BCUT2D eigenvalue weighted by molar-refractivity contribution is 5.83. The standard InChI is InChI=1S/C43H58N4O15/c1-6-29(43(55,24-9-15-26(56-3)16-10-24)25-11-17-28(18-12-25)59-27-13-7-23(2)8-14-27)38(52)46-21-22-47-39(53)36-34(57-4)30(48)33(51)42(62-36)60-35-31(49)32(50)41(58-5)61-37(35)40(54)45-20-19-44/h7-18,29-37,41-42,48-51,55H,6,19-22,44H2,1-5H3,(H,45,54)(H,46,52)(H,47,53)/t29?,30-,31-,32?,33?,34+,35+,36?,37?,41-,42-,43?/m1/s1. The second-order valence-corrected chi connectivity index (χ2v) is 14.9. The van der Waals surface area contributed by atoms with Crippen LogP contribution in [0.3, 0.4) is 0 Å². The smallest absolute Gasteiger partial charge is 0.252 e. The number of nitrogens with one attached hydrogen (secondary N) is 3. The number of amides is 3. The number of ether oxygens (including phenoxy) is 7. The SMILES string of the molecule is CCC(C(=O)NCCNC(=O)C1O[C@@H](O[C@@H]2C(C(=O)NCCN)O[C@@H](OC)C(O)[C@H]2O)C(O)[C@@H](O)[C@@H]1OC)C(O)(c1ccc(OC)cc1)c1ccc(Oc2ccc(C)cc2)cc1. The highest BCUT2D eigenvalue weighted by Crippen LogP contribution is 2.40. The van der Waals surface area contributed by atoms with Crippen LogP contribution < -0.4 is 31.2 Å². The van der Waals surface area contributed by atoms with E-state index in [-0.39, 0.29) is 32.6 Å². The minimum atomic E-state index is -1.87. The summed E-state index contributed by atoms with van der Waals surface area (Å²) >= 11 is 0. The van der Waals surface area contributed by atoms with Crippen molar-refractivity contribution in [2.24, 2.45) is 11.7 Å². The monoisotopic (exact) mass is 870 g/mol. The highest BCUT2D eigenvalue weighted by Gasteiger charge is 2.54. The van der Waals surface area contributed by atoms with Crippen LogP contribution in [0, 0.1) is 12.8 Å². The Morgan fingerprint density at radius 2 is 1.16 bits per heavy atom.